The number of halogens is 1. The Bertz CT molecular complexity index is 2790. The molecule has 0 spiro atoms. The average molecular weight is 1050 g/mol. The number of aryl methyl sites for hydroxylation is 4. The summed E-state index contributed by atoms with van der Waals surface area (Å²) in [5.74, 6) is 3.09. The van der Waals surface area contributed by atoms with Crippen molar-refractivity contribution in [3.8, 4) is 22.3 Å². The summed E-state index contributed by atoms with van der Waals surface area (Å²) < 4.78 is 0. The minimum absolute atomic E-state index is 0. The number of carbonyl (C=O) groups excluding carboxylic acids is 2. The number of amides is 2. The summed E-state index contributed by atoms with van der Waals surface area (Å²) in [6.07, 6.45) is 11.0. The van der Waals surface area contributed by atoms with Crippen molar-refractivity contribution in [3.05, 3.63) is 131 Å². The van der Waals surface area contributed by atoms with Gasteiger partial charge >= 0.3 is 29.6 Å². The van der Waals surface area contributed by atoms with E-state index in [1.807, 2.05) is 44.2 Å². The number of rotatable bonds is 10. The molecular weight excluding hydrogens is 975 g/mol. The molecule has 17 nitrogen and oxygen atoms in total. The Hall–Kier alpha value is -5.63. The molecular formula is C56H73ClN14NaO3-. The Morgan fingerprint density at radius 2 is 0.987 bits per heavy atom. The van der Waals surface area contributed by atoms with E-state index in [1.165, 1.54) is 62.1 Å². The SMILES string of the molecule is C[C-](C)C.Cc1ncc(C(=O)Nc2ccc(-c3cc(Cl)cc(N4CCN(C)CC4)c3)c(C)n2)cn1.Cc1ncc(C(=O)Nc2ccc(-c3cc(NC4CC4)cc(N4CCN(C)CC4)c3)c(C)n2)cn1.NC1CC1.[Na+].[OH-]. The Labute approximate surface area is 470 Å². The summed E-state index contributed by atoms with van der Waals surface area (Å²) in [4.78, 5) is 60.0. The van der Waals surface area contributed by atoms with Crippen molar-refractivity contribution in [1.82, 2.24) is 39.7 Å². The van der Waals surface area contributed by atoms with Crippen molar-refractivity contribution in [2.24, 2.45) is 5.73 Å². The molecule has 6 aromatic rings. The zero-order valence-electron chi connectivity index (χ0n) is 45.4. The van der Waals surface area contributed by atoms with Gasteiger partial charge in [-0.2, -0.15) is 20.8 Å². The molecule has 2 saturated heterocycles. The molecule has 2 saturated carbocycles. The first-order valence-electron chi connectivity index (χ1n) is 25.2. The molecule has 75 heavy (non-hydrogen) atoms. The van der Waals surface area contributed by atoms with Crippen molar-refractivity contribution >= 4 is 52.1 Å². The predicted molar refractivity (Wildman–Crippen MR) is 299 cm³/mol. The van der Waals surface area contributed by atoms with Crippen LogP contribution in [-0.4, -0.2) is 136 Å². The van der Waals surface area contributed by atoms with Crippen molar-refractivity contribution in [2.75, 3.05) is 92.2 Å². The van der Waals surface area contributed by atoms with E-state index in [-0.39, 0.29) is 46.8 Å². The minimum atomic E-state index is -0.292. The molecule has 0 bridgehead atoms. The van der Waals surface area contributed by atoms with Crippen LogP contribution in [0.1, 0.15) is 90.2 Å². The van der Waals surface area contributed by atoms with Gasteiger partial charge in [-0.25, -0.2) is 29.9 Å². The number of hydrogen-bond acceptors (Lipinski definition) is 15. The first kappa shape index (κ1) is 60.2. The largest absolute Gasteiger partial charge is 1.00 e. The van der Waals surface area contributed by atoms with Gasteiger partial charge in [0.05, 0.1) is 11.1 Å². The number of benzene rings is 2. The molecule has 0 unspecified atom stereocenters. The van der Waals surface area contributed by atoms with Gasteiger partial charge in [-0.15, -0.1) is 0 Å². The Balaban J connectivity index is 0.000000237. The molecule has 6 heterocycles. The number of pyridine rings is 2. The summed E-state index contributed by atoms with van der Waals surface area (Å²) in [6, 6.07) is 21.7. The van der Waals surface area contributed by atoms with Crippen molar-refractivity contribution in [3.63, 3.8) is 0 Å². The zero-order valence-corrected chi connectivity index (χ0v) is 48.2. The van der Waals surface area contributed by atoms with Gasteiger partial charge in [-0.3, -0.25) is 9.59 Å². The van der Waals surface area contributed by atoms with Crippen LogP contribution < -0.4 is 61.0 Å². The van der Waals surface area contributed by atoms with Gasteiger partial charge in [-0.05, 0) is 139 Å². The summed E-state index contributed by atoms with van der Waals surface area (Å²) in [5, 5.41) is 10.0. The number of nitrogens with two attached hydrogens (primary N) is 1. The maximum Gasteiger partial charge on any atom is 1.00 e. The number of anilines is 5. The normalized spacial score (nSPS) is 15.3. The fourth-order valence-electron chi connectivity index (χ4n) is 7.90. The number of piperazine rings is 2. The second-order valence-corrected chi connectivity index (χ2v) is 20.3. The number of carbonyl (C=O) groups is 2. The molecule has 2 aromatic carbocycles. The first-order valence-corrected chi connectivity index (χ1v) is 25.6. The topological polar surface area (TPSA) is 217 Å². The fraction of sp³-hybridized carbons (Fsp3) is 0.411. The van der Waals surface area contributed by atoms with Crippen LogP contribution in [0.15, 0.2) is 85.5 Å². The van der Waals surface area contributed by atoms with Crippen LogP contribution in [-0.2, 0) is 0 Å². The molecule has 0 radical (unpaired) electrons. The monoisotopic (exact) mass is 1050 g/mol. The molecule has 10 rings (SSSR count). The van der Waals surface area contributed by atoms with Gasteiger partial charge < -0.3 is 52.7 Å². The molecule has 4 fully saturated rings. The second-order valence-electron chi connectivity index (χ2n) is 19.9. The van der Waals surface area contributed by atoms with Gasteiger partial charge in [0, 0.05) is 134 Å². The van der Waals surface area contributed by atoms with Gasteiger partial charge in [0.25, 0.3) is 11.8 Å². The van der Waals surface area contributed by atoms with Gasteiger partial charge in [0.1, 0.15) is 23.3 Å². The molecule has 2 aliphatic carbocycles. The van der Waals surface area contributed by atoms with E-state index in [2.05, 4.69) is 125 Å². The second kappa shape index (κ2) is 28.5. The quantitative estimate of drug-likeness (QED) is 0.0901. The van der Waals surface area contributed by atoms with Crippen molar-refractivity contribution in [2.45, 2.75) is 86.2 Å². The van der Waals surface area contributed by atoms with E-state index < -0.39 is 0 Å². The smallest absolute Gasteiger partial charge is 0.870 e. The molecule has 4 aliphatic rings. The molecule has 394 valence electrons. The molecule has 0 atom stereocenters. The Morgan fingerprint density at radius 1 is 0.600 bits per heavy atom. The Kier molecular flexibility index (Phi) is 22.9. The number of nitrogens with zero attached hydrogens (tertiary/aromatic N) is 10. The third kappa shape index (κ3) is 18.9. The van der Waals surface area contributed by atoms with E-state index in [0.717, 1.165) is 97.4 Å². The maximum atomic E-state index is 12.5. The molecule has 2 amide bonds. The van der Waals surface area contributed by atoms with Crippen LogP contribution in [0.2, 0.25) is 5.02 Å². The van der Waals surface area contributed by atoms with E-state index in [4.69, 9.17) is 17.3 Å². The summed E-state index contributed by atoms with van der Waals surface area (Å²) in [5.41, 5.74) is 15.4. The molecule has 2 aliphatic heterocycles. The average Bonchev–Trinajstić information content (AvgIpc) is 4.31. The van der Waals surface area contributed by atoms with Gasteiger partial charge in [0.15, 0.2) is 0 Å². The number of aromatic nitrogens is 6. The van der Waals surface area contributed by atoms with Crippen LogP contribution in [0.3, 0.4) is 0 Å². The first-order chi connectivity index (χ1) is 35.0. The van der Waals surface area contributed by atoms with E-state index in [0.29, 0.717) is 51.5 Å². The third-order valence-corrected chi connectivity index (χ3v) is 12.7. The standard InChI is InChI=1S/C26H31N7O.C23H25ClN6O.C4H9.C3H7N.Na.H2O/c1-17-24(6-7-25(29-17)31-26(34)20-15-27-18(2)28-16-20)19-12-22(30-21-4-5-21)14-23(13-19)33-10-8-32(3)9-11-33;1-15-21(4-5-22(27-15)28-23(31)18-13-25-16(2)26-14-18)17-10-19(24)12-20(11-17)30-8-6-29(3)7-9-30;1-4(2)3;4-3-1-2-3;;/h6-7,12-16,21,30H,4-5,8-11H2,1-3H3,(H,29,31,34);4-5,10-14H,6-9H2,1-3H3,(H,27,28,31);1-3H3;3H,1-2,4H2;;1H2/q;;-1;;+1;/p-1. The fourth-order valence-corrected chi connectivity index (χ4v) is 8.13. The van der Waals surface area contributed by atoms with E-state index in [1.54, 1.807) is 19.9 Å². The Morgan fingerprint density at radius 3 is 1.36 bits per heavy atom. The van der Waals surface area contributed by atoms with E-state index >= 15 is 0 Å². The van der Waals surface area contributed by atoms with Crippen LogP contribution in [0.25, 0.3) is 22.3 Å². The van der Waals surface area contributed by atoms with Crippen LogP contribution >= 0.6 is 11.6 Å². The van der Waals surface area contributed by atoms with Crippen LogP contribution in [0.5, 0.6) is 0 Å². The maximum absolute atomic E-state index is 12.5. The summed E-state index contributed by atoms with van der Waals surface area (Å²) in [7, 11) is 4.32. The molecule has 4 aromatic heterocycles. The molecule has 6 N–H and O–H groups in total. The summed E-state index contributed by atoms with van der Waals surface area (Å²) >= 11 is 6.45. The number of likely N-dealkylation sites (N-methyl/N-ethyl adjacent to an activating group) is 2. The van der Waals surface area contributed by atoms with Crippen molar-refractivity contribution in [1.29, 1.82) is 0 Å². The number of hydrogen-bond donors (Lipinski definition) is 4. The molecule has 19 heteroatoms. The van der Waals surface area contributed by atoms with Crippen molar-refractivity contribution < 1.29 is 44.6 Å². The van der Waals surface area contributed by atoms with E-state index in [9.17, 15) is 9.59 Å². The minimum Gasteiger partial charge on any atom is -0.870 e. The van der Waals surface area contributed by atoms with Crippen LogP contribution in [0.4, 0.5) is 28.7 Å². The third-order valence-electron chi connectivity index (χ3n) is 12.5. The summed E-state index contributed by atoms with van der Waals surface area (Å²) in [6.45, 7) is 21.9. The van der Waals surface area contributed by atoms with Gasteiger partial charge in [0.2, 0.25) is 0 Å². The van der Waals surface area contributed by atoms with Crippen LogP contribution in [0, 0.1) is 33.6 Å². The number of nitrogens with one attached hydrogen (secondary N) is 3. The van der Waals surface area contributed by atoms with Gasteiger partial charge in [-0.1, -0.05) is 11.6 Å². The zero-order chi connectivity index (χ0) is 52.2. The predicted octanol–water partition coefficient (Wildman–Crippen LogP) is 6.10.